The molecule has 2 rings (SSSR count). The lowest BCUT2D eigenvalue weighted by Crippen LogP contribution is -2.53. The van der Waals surface area contributed by atoms with Crippen molar-refractivity contribution in [3.8, 4) is 0 Å². The Morgan fingerprint density at radius 3 is 2.43 bits per heavy atom. The molecule has 0 aromatic heterocycles. The molecular formula is C15H23NO4S. The number of benzene rings is 1. The topological polar surface area (TPSA) is 78.6 Å². The molecule has 118 valence electrons. The number of aryl methyl sites for hydroxylation is 1. The summed E-state index contributed by atoms with van der Waals surface area (Å²) >= 11 is 0. The highest BCUT2D eigenvalue weighted by Gasteiger charge is 2.43. The van der Waals surface area contributed by atoms with Gasteiger partial charge in [0.15, 0.2) is 5.72 Å². The van der Waals surface area contributed by atoms with Gasteiger partial charge < -0.3 is 10.5 Å². The van der Waals surface area contributed by atoms with Crippen LogP contribution in [0.5, 0.6) is 0 Å². The summed E-state index contributed by atoms with van der Waals surface area (Å²) in [4.78, 5) is 0.113. The standard InChI is InChI=1S/C15H23NO4S/c1-4-15(16,14-10-7-12(3)19-14)20-21(17,18)13-8-5-11(2)6-9-13/h5-6,8-9,12,14H,4,7,10,16H2,1-3H3/t12-,14-,15-/m1/s1. The van der Waals surface area contributed by atoms with Gasteiger partial charge in [-0.15, -0.1) is 0 Å². The Labute approximate surface area is 126 Å². The first-order chi connectivity index (χ1) is 9.77. The lowest BCUT2D eigenvalue weighted by molar-refractivity contribution is -0.0798. The molecule has 0 unspecified atom stereocenters. The van der Waals surface area contributed by atoms with E-state index in [1.54, 1.807) is 19.1 Å². The van der Waals surface area contributed by atoms with Gasteiger partial charge >= 0.3 is 0 Å². The predicted octanol–water partition coefficient (Wildman–Crippen LogP) is 2.33. The van der Waals surface area contributed by atoms with Crippen molar-refractivity contribution >= 4 is 10.1 Å². The lowest BCUT2D eigenvalue weighted by atomic mass is 10.0. The van der Waals surface area contributed by atoms with Gasteiger partial charge in [-0.2, -0.15) is 8.42 Å². The van der Waals surface area contributed by atoms with Crippen LogP contribution in [-0.4, -0.2) is 26.4 Å². The van der Waals surface area contributed by atoms with Crippen molar-refractivity contribution in [1.29, 1.82) is 0 Å². The van der Waals surface area contributed by atoms with E-state index in [-0.39, 0.29) is 11.0 Å². The molecule has 0 saturated carbocycles. The van der Waals surface area contributed by atoms with E-state index < -0.39 is 21.9 Å². The van der Waals surface area contributed by atoms with Crippen LogP contribution in [0, 0.1) is 6.92 Å². The number of ether oxygens (including phenoxy) is 1. The molecule has 1 aliphatic rings. The monoisotopic (exact) mass is 313 g/mol. The zero-order valence-electron chi connectivity index (χ0n) is 12.7. The van der Waals surface area contributed by atoms with Crippen LogP contribution < -0.4 is 5.73 Å². The van der Waals surface area contributed by atoms with Crippen LogP contribution in [0.15, 0.2) is 29.2 Å². The molecule has 1 heterocycles. The van der Waals surface area contributed by atoms with Gasteiger partial charge in [0, 0.05) is 0 Å². The summed E-state index contributed by atoms with van der Waals surface area (Å²) in [7, 11) is -3.91. The summed E-state index contributed by atoms with van der Waals surface area (Å²) in [5.41, 5.74) is 5.85. The quantitative estimate of drug-likeness (QED) is 0.667. The molecule has 0 radical (unpaired) electrons. The van der Waals surface area contributed by atoms with Crippen molar-refractivity contribution in [2.24, 2.45) is 5.73 Å². The zero-order valence-corrected chi connectivity index (χ0v) is 13.5. The van der Waals surface area contributed by atoms with Crippen LogP contribution in [-0.2, 0) is 19.0 Å². The van der Waals surface area contributed by atoms with Gasteiger partial charge in [-0.25, -0.2) is 4.18 Å². The molecule has 1 aliphatic heterocycles. The normalized spacial score (nSPS) is 25.7. The van der Waals surface area contributed by atoms with Crippen LogP contribution in [0.4, 0.5) is 0 Å². The van der Waals surface area contributed by atoms with Crippen LogP contribution in [0.3, 0.4) is 0 Å². The Hall–Kier alpha value is -0.950. The fraction of sp³-hybridized carbons (Fsp3) is 0.600. The summed E-state index contributed by atoms with van der Waals surface area (Å²) in [6.45, 7) is 5.64. The summed E-state index contributed by atoms with van der Waals surface area (Å²) in [6.07, 6.45) is 1.59. The Balaban J connectivity index is 2.22. The van der Waals surface area contributed by atoms with Gasteiger partial charge in [0.1, 0.15) is 6.10 Å². The molecule has 1 fully saturated rings. The van der Waals surface area contributed by atoms with E-state index in [0.717, 1.165) is 12.0 Å². The fourth-order valence-corrected chi connectivity index (χ4v) is 3.66. The van der Waals surface area contributed by atoms with Crippen molar-refractivity contribution in [3.63, 3.8) is 0 Å². The van der Waals surface area contributed by atoms with Gasteiger partial charge in [0.2, 0.25) is 0 Å². The molecular weight excluding hydrogens is 290 g/mol. The maximum Gasteiger partial charge on any atom is 0.298 e. The molecule has 6 heteroatoms. The van der Waals surface area contributed by atoms with Crippen molar-refractivity contribution in [1.82, 2.24) is 0 Å². The predicted molar refractivity (Wildman–Crippen MR) is 80.2 cm³/mol. The van der Waals surface area contributed by atoms with Gasteiger partial charge in [-0.05, 0) is 45.2 Å². The van der Waals surface area contributed by atoms with Crippen LogP contribution in [0.1, 0.15) is 38.7 Å². The van der Waals surface area contributed by atoms with E-state index in [0.29, 0.717) is 12.8 Å². The van der Waals surface area contributed by atoms with E-state index >= 15 is 0 Å². The average Bonchev–Trinajstić information content (AvgIpc) is 2.86. The third-order valence-electron chi connectivity index (χ3n) is 3.90. The fourth-order valence-electron chi connectivity index (χ4n) is 2.46. The van der Waals surface area contributed by atoms with E-state index in [9.17, 15) is 8.42 Å². The SMILES string of the molecule is CC[C@@](N)(OS(=O)(=O)c1ccc(C)cc1)[C@H]1CC[C@@H](C)O1. The van der Waals surface area contributed by atoms with Crippen molar-refractivity contribution in [2.75, 3.05) is 0 Å². The van der Waals surface area contributed by atoms with Crippen molar-refractivity contribution in [3.05, 3.63) is 29.8 Å². The molecule has 0 bridgehead atoms. The Morgan fingerprint density at radius 1 is 1.33 bits per heavy atom. The number of hydrogen-bond acceptors (Lipinski definition) is 5. The Bertz CT molecular complexity index is 584. The van der Waals surface area contributed by atoms with E-state index in [1.165, 1.54) is 12.1 Å². The molecule has 1 aromatic rings. The first-order valence-electron chi connectivity index (χ1n) is 7.23. The molecule has 0 spiro atoms. The van der Waals surface area contributed by atoms with Gasteiger partial charge in [0.25, 0.3) is 10.1 Å². The van der Waals surface area contributed by atoms with Gasteiger partial charge in [-0.3, -0.25) is 0 Å². The van der Waals surface area contributed by atoms with Gasteiger partial charge in [-0.1, -0.05) is 24.6 Å². The minimum Gasteiger partial charge on any atom is -0.371 e. The average molecular weight is 313 g/mol. The third-order valence-corrected chi connectivity index (χ3v) is 5.28. The number of nitrogens with two attached hydrogens (primary N) is 1. The highest BCUT2D eigenvalue weighted by Crippen LogP contribution is 2.32. The maximum absolute atomic E-state index is 12.4. The Morgan fingerprint density at radius 2 is 1.95 bits per heavy atom. The molecule has 1 saturated heterocycles. The summed E-state index contributed by atoms with van der Waals surface area (Å²) in [5, 5.41) is 0. The highest BCUT2D eigenvalue weighted by atomic mass is 32.2. The van der Waals surface area contributed by atoms with E-state index in [2.05, 4.69) is 0 Å². The highest BCUT2D eigenvalue weighted by molar-refractivity contribution is 7.86. The molecule has 0 aliphatic carbocycles. The number of hydrogen-bond donors (Lipinski definition) is 1. The van der Waals surface area contributed by atoms with Crippen molar-refractivity contribution in [2.45, 2.75) is 62.9 Å². The zero-order chi connectivity index (χ0) is 15.7. The van der Waals surface area contributed by atoms with Crippen LogP contribution in [0.25, 0.3) is 0 Å². The lowest BCUT2D eigenvalue weighted by Gasteiger charge is -2.33. The molecule has 3 atom stereocenters. The summed E-state index contributed by atoms with van der Waals surface area (Å²) in [5.74, 6) is 0. The van der Waals surface area contributed by atoms with Crippen molar-refractivity contribution < 1.29 is 17.3 Å². The second-order valence-corrected chi connectivity index (χ2v) is 7.22. The first kappa shape index (κ1) is 16.4. The van der Waals surface area contributed by atoms with Gasteiger partial charge in [0.05, 0.1) is 11.0 Å². The molecule has 21 heavy (non-hydrogen) atoms. The minimum atomic E-state index is -3.91. The Kier molecular flexibility index (Phi) is 4.72. The van der Waals surface area contributed by atoms with Crippen LogP contribution >= 0.6 is 0 Å². The molecule has 2 N–H and O–H groups in total. The molecule has 1 aromatic carbocycles. The smallest absolute Gasteiger partial charge is 0.298 e. The molecule has 5 nitrogen and oxygen atoms in total. The first-order valence-corrected chi connectivity index (χ1v) is 8.64. The third kappa shape index (κ3) is 3.63. The van der Waals surface area contributed by atoms with Crippen LogP contribution in [0.2, 0.25) is 0 Å². The number of rotatable bonds is 5. The second-order valence-electron chi connectivity index (χ2n) is 5.67. The largest absolute Gasteiger partial charge is 0.371 e. The summed E-state index contributed by atoms with van der Waals surface area (Å²) < 4.78 is 35.9. The molecule has 0 amide bonds. The summed E-state index contributed by atoms with van der Waals surface area (Å²) in [6, 6.07) is 6.51. The van der Waals surface area contributed by atoms with E-state index in [4.69, 9.17) is 14.7 Å². The van der Waals surface area contributed by atoms with E-state index in [1.807, 2.05) is 13.8 Å². The maximum atomic E-state index is 12.4. The second kappa shape index (κ2) is 6.04. The minimum absolute atomic E-state index is 0.0788.